The molecule has 0 saturated heterocycles. The SMILES string of the molecule is Cc1ccc2c(oc3c(-c4ccc(-c5cccc(-c6ccccc6)c5)cc4)cccc32)c1-c1cccc[n+]1C. The molecule has 0 aliphatic heterocycles. The topological polar surface area (TPSA) is 17.0 Å². The van der Waals surface area contributed by atoms with Crippen molar-refractivity contribution in [2.45, 2.75) is 6.92 Å². The second kappa shape index (κ2) is 9.41. The molecule has 0 aliphatic carbocycles. The first-order chi connectivity index (χ1) is 19.2. The number of para-hydroxylation sites is 1. The predicted molar refractivity (Wildman–Crippen MR) is 161 cm³/mol. The number of pyridine rings is 1. The number of furan rings is 1. The molecule has 2 nitrogen and oxygen atoms in total. The molecule has 7 rings (SSSR count). The van der Waals surface area contributed by atoms with Crippen LogP contribution >= 0.6 is 0 Å². The van der Waals surface area contributed by atoms with Crippen molar-refractivity contribution in [1.82, 2.24) is 0 Å². The lowest BCUT2D eigenvalue weighted by molar-refractivity contribution is -0.660. The molecule has 186 valence electrons. The molecule has 0 bridgehead atoms. The monoisotopic (exact) mass is 502 g/mol. The van der Waals surface area contributed by atoms with Gasteiger partial charge < -0.3 is 4.42 Å². The minimum atomic E-state index is 0.928. The highest BCUT2D eigenvalue weighted by Crippen LogP contribution is 2.40. The molecule has 2 heteroatoms. The third kappa shape index (κ3) is 4.02. The summed E-state index contributed by atoms with van der Waals surface area (Å²) in [4.78, 5) is 0. The van der Waals surface area contributed by atoms with Crippen molar-refractivity contribution in [3.63, 3.8) is 0 Å². The van der Waals surface area contributed by atoms with Crippen LogP contribution in [0.15, 0.2) is 138 Å². The second-order valence-corrected chi connectivity index (χ2v) is 10.1. The summed E-state index contributed by atoms with van der Waals surface area (Å²) in [6.07, 6.45) is 2.08. The van der Waals surface area contributed by atoms with Crippen molar-refractivity contribution in [1.29, 1.82) is 0 Å². The minimum Gasteiger partial charge on any atom is -0.454 e. The lowest BCUT2D eigenvalue weighted by atomic mass is 9.96. The zero-order valence-corrected chi connectivity index (χ0v) is 22.1. The van der Waals surface area contributed by atoms with E-state index in [1.165, 1.54) is 27.8 Å². The number of fused-ring (bicyclic) bond motifs is 3. The smallest absolute Gasteiger partial charge is 0.216 e. The van der Waals surface area contributed by atoms with Crippen molar-refractivity contribution >= 4 is 21.9 Å². The number of benzene rings is 5. The van der Waals surface area contributed by atoms with E-state index in [2.05, 4.69) is 152 Å². The maximum absolute atomic E-state index is 6.73. The van der Waals surface area contributed by atoms with E-state index in [1.54, 1.807) is 0 Å². The highest BCUT2D eigenvalue weighted by molar-refractivity contribution is 6.13. The highest BCUT2D eigenvalue weighted by Gasteiger charge is 2.21. The van der Waals surface area contributed by atoms with Crippen LogP contribution in [0.2, 0.25) is 0 Å². The molecule has 0 saturated carbocycles. The average molecular weight is 503 g/mol. The van der Waals surface area contributed by atoms with Gasteiger partial charge in [0.15, 0.2) is 6.20 Å². The molecule has 7 aromatic rings. The molecule has 0 spiro atoms. The molecule has 5 aromatic carbocycles. The van der Waals surface area contributed by atoms with Gasteiger partial charge >= 0.3 is 0 Å². The summed E-state index contributed by atoms with van der Waals surface area (Å²) >= 11 is 0. The number of hydrogen-bond donors (Lipinski definition) is 0. The normalized spacial score (nSPS) is 11.3. The van der Waals surface area contributed by atoms with Crippen molar-refractivity contribution < 1.29 is 8.98 Å². The number of rotatable bonds is 4. The van der Waals surface area contributed by atoms with Crippen LogP contribution < -0.4 is 4.57 Å². The summed E-state index contributed by atoms with van der Waals surface area (Å²) in [5.74, 6) is 0. The summed E-state index contributed by atoms with van der Waals surface area (Å²) in [5, 5.41) is 2.28. The van der Waals surface area contributed by atoms with E-state index in [-0.39, 0.29) is 0 Å². The predicted octanol–water partition coefficient (Wildman–Crippen LogP) is 9.39. The molecule has 0 atom stereocenters. The van der Waals surface area contributed by atoms with Crippen LogP contribution in [0.3, 0.4) is 0 Å². The Balaban J connectivity index is 1.32. The van der Waals surface area contributed by atoms with Crippen LogP contribution in [0.25, 0.3) is 66.6 Å². The van der Waals surface area contributed by atoms with E-state index >= 15 is 0 Å². The number of hydrogen-bond acceptors (Lipinski definition) is 1. The second-order valence-electron chi connectivity index (χ2n) is 10.1. The van der Waals surface area contributed by atoms with Crippen LogP contribution in [0.5, 0.6) is 0 Å². The zero-order chi connectivity index (χ0) is 26.3. The summed E-state index contributed by atoms with van der Waals surface area (Å²) in [6.45, 7) is 2.15. The third-order valence-electron chi connectivity index (χ3n) is 7.69. The van der Waals surface area contributed by atoms with Gasteiger partial charge in [-0.3, -0.25) is 0 Å². The molecular formula is C37H28NO+. The maximum atomic E-state index is 6.73. The Bertz CT molecular complexity index is 1960. The van der Waals surface area contributed by atoms with Gasteiger partial charge in [-0.1, -0.05) is 103 Å². The summed E-state index contributed by atoms with van der Waals surface area (Å²) in [6, 6.07) is 45.2. The van der Waals surface area contributed by atoms with Gasteiger partial charge in [-0.15, -0.1) is 0 Å². The third-order valence-corrected chi connectivity index (χ3v) is 7.69. The van der Waals surface area contributed by atoms with Crippen LogP contribution in [-0.2, 0) is 7.05 Å². The van der Waals surface area contributed by atoms with Crippen molar-refractivity contribution in [2.24, 2.45) is 7.05 Å². The van der Waals surface area contributed by atoms with Gasteiger partial charge in [-0.2, -0.15) is 0 Å². The Morgan fingerprint density at radius 2 is 1.15 bits per heavy atom. The molecule has 2 heterocycles. The van der Waals surface area contributed by atoms with Gasteiger partial charge in [0.25, 0.3) is 0 Å². The van der Waals surface area contributed by atoms with Gasteiger partial charge in [-0.05, 0) is 52.4 Å². The Morgan fingerprint density at radius 3 is 1.92 bits per heavy atom. The van der Waals surface area contributed by atoms with Gasteiger partial charge in [0.1, 0.15) is 18.2 Å². The first-order valence-electron chi connectivity index (χ1n) is 13.3. The molecular weight excluding hydrogens is 474 g/mol. The Labute approximate surface area is 228 Å². The fraction of sp³-hybridized carbons (Fsp3) is 0.0541. The van der Waals surface area contributed by atoms with E-state index < -0.39 is 0 Å². The van der Waals surface area contributed by atoms with Crippen molar-refractivity contribution in [3.8, 4) is 44.6 Å². The molecule has 0 amide bonds. The zero-order valence-electron chi connectivity index (χ0n) is 22.1. The van der Waals surface area contributed by atoms with Crippen LogP contribution in [0, 0.1) is 6.92 Å². The minimum absolute atomic E-state index is 0.928. The summed E-state index contributed by atoms with van der Waals surface area (Å²) < 4.78 is 8.88. The lowest BCUT2D eigenvalue weighted by Gasteiger charge is -2.08. The largest absolute Gasteiger partial charge is 0.454 e. The quantitative estimate of drug-likeness (QED) is 0.219. The molecule has 0 aliphatic rings. The highest BCUT2D eigenvalue weighted by atomic mass is 16.3. The molecule has 39 heavy (non-hydrogen) atoms. The lowest BCUT2D eigenvalue weighted by Crippen LogP contribution is -2.30. The van der Waals surface area contributed by atoms with Gasteiger partial charge in [-0.25, -0.2) is 4.57 Å². The van der Waals surface area contributed by atoms with Crippen LogP contribution in [0.4, 0.5) is 0 Å². The Hall–Kier alpha value is -4.95. The summed E-state index contributed by atoms with van der Waals surface area (Å²) in [7, 11) is 2.08. The average Bonchev–Trinajstić information content (AvgIpc) is 3.37. The van der Waals surface area contributed by atoms with Gasteiger partial charge in [0, 0.05) is 28.5 Å². The van der Waals surface area contributed by atoms with Gasteiger partial charge in [0.05, 0.1) is 5.56 Å². The molecule has 2 aromatic heterocycles. The first-order valence-corrected chi connectivity index (χ1v) is 13.3. The molecule has 0 fully saturated rings. The van der Waals surface area contributed by atoms with E-state index in [4.69, 9.17) is 4.42 Å². The standard InChI is InChI=1S/C37H28NO/c1-25-17-22-33-32-15-9-14-31(36(32)39-37(33)35(25)34-16-6-7-23-38(34)2)28-20-18-27(19-21-28)30-13-8-12-29(24-30)26-10-4-3-5-11-26/h3-24H,1-2H3/q+1. The summed E-state index contributed by atoms with van der Waals surface area (Å²) in [5.41, 5.74) is 12.5. The van der Waals surface area contributed by atoms with E-state index in [1.807, 2.05) is 0 Å². The fourth-order valence-corrected chi connectivity index (χ4v) is 5.64. The van der Waals surface area contributed by atoms with E-state index in [0.29, 0.717) is 0 Å². The van der Waals surface area contributed by atoms with Crippen molar-refractivity contribution in [2.75, 3.05) is 0 Å². The fourth-order valence-electron chi connectivity index (χ4n) is 5.64. The van der Waals surface area contributed by atoms with Gasteiger partial charge in [0.2, 0.25) is 5.69 Å². The van der Waals surface area contributed by atoms with E-state index in [0.717, 1.165) is 44.3 Å². The van der Waals surface area contributed by atoms with Crippen LogP contribution in [0.1, 0.15) is 5.56 Å². The maximum Gasteiger partial charge on any atom is 0.216 e. The number of aromatic nitrogens is 1. The van der Waals surface area contributed by atoms with Crippen LogP contribution in [-0.4, -0.2) is 0 Å². The number of aryl methyl sites for hydroxylation is 2. The molecule has 0 radical (unpaired) electrons. The molecule has 0 unspecified atom stereocenters. The Morgan fingerprint density at radius 1 is 0.513 bits per heavy atom. The van der Waals surface area contributed by atoms with Crippen molar-refractivity contribution in [3.05, 3.63) is 139 Å². The Kier molecular flexibility index (Phi) is 5.60. The first kappa shape index (κ1) is 23.2. The number of nitrogens with zero attached hydrogens (tertiary/aromatic N) is 1. The van der Waals surface area contributed by atoms with E-state index in [9.17, 15) is 0 Å². The molecule has 0 N–H and O–H groups in total.